The highest BCUT2D eigenvalue weighted by atomic mass is 15.1. The molecule has 3 nitrogen and oxygen atoms in total. The van der Waals surface area contributed by atoms with Gasteiger partial charge in [0, 0.05) is 43.3 Å². The molecular formula is C14H25N3. The largest absolute Gasteiger partial charge is 0.371 e. The summed E-state index contributed by atoms with van der Waals surface area (Å²) in [6.07, 6.45) is 5.07. The van der Waals surface area contributed by atoms with Gasteiger partial charge >= 0.3 is 0 Å². The topological polar surface area (TPSA) is 28.2 Å². The number of hydrogen-bond donors (Lipinski definition) is 1. The number of aromatic nitrogens is 1. The average Bonchev–Trinajstić information content (AvgIpc) is 2.37. The van der Waals surface area contributed by atoms with E-state index in [1.54, 1.807) is 0 Å². The number of pyridine rings is 1. The summed E-state index contributed by atoms with van der Waals surface area (Å²) >= 11 is 0. The first kappa shape index (κ1) is 14.0. The molecule has 0 aromatic carbocycles. The monoisotopic (exact) mass is 235 g/mol. The molecule has 1 unspecified atom stereocenters. The van der Waals surface area contributed by atoms with Gasteiger partial charge in [0.05, 0.1) is 0 Å². The van der Waals surface area contributed by atoms with Crippen molar-refractivity contribution in [2.24, 2.45) is 5.92 Å². The summed E-state index contributed by atoms with van der Waals surface area (Å²) in [5, 5.41) is 3.20. The van der Waals surface area contributed by atoms with Crippen molar-refractivity contribution in [1.82, 2.24) is 10.3 Å². The molecule has 3 heteroatoms. The first-order chi connectivity index (χ1) is 8.22. The van der Waals surface area contributed by atoms with Crippen LogP contribution in [-0.2, 0) is 6.54 Å². The lowest BCUT2D eigenvalue weighted by Crippen LogP contribution is -2.29. The van der Waals surface area contributed by atoms with Gasteiger partial charge in [-0.2, -0.15) is 0 Å². The van der Waals surface area contributed by atoms with Crippen LogP contribution in [0.3, 0.4) is 0 Å². The van der Waals surface area contributed by atoms with Crippen molar-refractivity contribution >= 4 is 5.69 Å². The third-order valence-electron chi connectivity index (χ3n) is 3.20. The summed E-state index contributed by atoms with van der Waals surface area (Å²) in [5.74, 6) is 0.727. The van der Waals surface area contributed by atoms with E-state index in [0.29, 0.717) is 0 Å². The fourth-order valence-corrected chi connectivity index (χ4v) is 1.96. The Morgan fingerprint density at radius 1 is 1.41 bits per heavy atom. The molecule has 1 rings (SSSR count). The number of nitrogens with zero attached hydrogens (tertiary/aromatic N) is 2. The predicted octanol–water partition coefficient (Wildman–Crippen LogP) is 2.67. The molecule has 0 saturated heterocycles. The fraction of sp³-hybridized carbons (Fsp3) is 0.643. The molecule has 0 aliphatic heterocycles. The molecule has 1 aromatic heterocycles. The maximum absolute atomic E-state index is 4.21. The van der Waals surface area contributed by atoms with Crippen LogP contribution in [-0.4, -0.2) is 25.1 Å². The molecule has 0 aliphatic carbocycles. The molecule has 0 bridgehead atoms. The first-order valence-electron chi connectivity index (χ1n) is 6.55. The predicted molar refractivity (Wildman–Crippen MR) is 74.3 cm³/mol. The zero-order chi connectivity index (χ0) is 12.7. The van der Waals surface area contributed by atoms with Crippen molar-refractivity contribution in [2.75, 3.05) is 25.0 Å². The Morgan fingerprint density at radius 3 is 2.76 bits per heavy atom. The Morgan fingerprint density at radius 2 is 2.18 bits per heavy atom. The van der Waals surface area contributed by atoms with Crippen molar-refractivity contribution in [3.05, 3.63) is 24.0 Å². The van der Waals surface area contributed by atoms with Gasteiger partial charge in [0.2, 0.25) is 0 Å². The molecule has 0 amide bonds. The Labute approximate surface area is 105 Å². The van der Waals surface area contributed by atoms with Crippen LogP contribution in [0.2, 0.25) is 0 Å². The lowest BCUT2D eigenvalue weighted by molar-refractivity contribution is 0.546. The first-order valence-corrected chi connectivity index (χ1v) is 6.55. The lowest BCUT2D eigenvalue weighted by atomic mass is 10.1. The summed E-state index contributed by atoms with van der Waals surface area (Å²) in [4.78, 5) is 6.66. The summed E-state index contributed by atoms with van der Waals surface area (Å²) in [7, 11) is 1.97. The van der Waals surface area contributed by atoms with E-state index in [1.165, 1.54) is 17.7 Å². The van der Waals surface area contributed by atoms with Crippen LogP contribution in [0, 0.1) is 5.92 Å². The van der Waals surface area contributed by atoms with Gasteiger partial charge in [-0.05, 0) is 26.0 Å². The van der Waals surface area contributed by atoms with Gasteiger partial charge in [-0.25, -0.2) is 0 Å². The minimum atomic E-state index is 0.727. The zero-order valence-corrected chi connectivity index (χ0v) is 11.5. The Balaban J connectivity index is 2.86. The minimum absolute atomic E-state index is 0.727. The van der Waals surface area contributed by atoms with Crippen LogP contribution < -0.4 is 10.2 Å². The molecular weight excluding hydrogens is 210 g/mol. The third kappa shape index (κ3) is 4.00. The van der Waals surface area contributed by atoms with Crippen molar-refractivity contribution in [1.29, 1.82) is 0 Å². The van der Waals surface area contributed by atoms with Crippen LogP contribution in [0.1, 0.15) is 32.8 Å². The van der Waals surface area contributed by atoms with Crippen molar-refractivity contribution < 1.29 is 0 Å². The van der Waals surface area contributed by atoms with E-state index in [1.807, 2.05) is 19.4 Å². The number of anilines is 1. The molecule has 0 radical (unpaired) electrons. The highest BCUT2D eigenvalue weighted by molar-refractivity contribution is 5.52. The fourth-order valence-electron chi connectivity index (χ4n) is 1.96. The number of hydrogen-bond acceptors (Lipinski definition) is 3. The van der Waals surface area contributed by atoms with Crippen molar-refractivity contribution in [3.8, 4) is 0 Å². The summed E-state index contributed by atoms with van der Waals surface area (Å²) in [5.41, 5.74) is 2.59. The number of nitrogens with one attached hydrogen (secondary N) is 1. The number of rotatable bonds is 7. The summed E-state index contributed by atoms with van der Waals surface area (Å²) < 4.78 is 0. The second-order valence-corrected chi connectivity index (χ2v) is 4.59. The molecule has 0 spiro atoms. The molecule has 1 aromatic rings. The molecule has 0 saturated carbocycles. The van der Waals surface area contributed by atoms with Gasteiger partial charge in [-0.15, -0.1) is 0 Å². The maximum Gasteiger partial charge on any atom is 0.0442 e. The molecule has 1 N–H and O–H groups in total. The SMILES string of the molecule is CCC(C)CN(CC)c1ccncc1CNC. The molecule has 1 heterocycles. The van der Waals surface area contributed by atoms with Crippen LogP contribution in [0.4, 0.5) is 5.69 Å². The van der Waals surface area contributed by atoms with E-state index in [-0.39, 0.29) is 0 Å². The highest BCUT2D eigenvalue weighted by Crippen LogP contribution is 2.20. The maximum atomic E-state index is 4.21. The molecule has 17 heavy (non-hydrogen) atoms. The van der Waals surface area contributed by atoms with Gasteiger partial charge in [0.15, 0.2) is 0 Å². The van der Waals surface area contributed by atoms with Gasteiger partial charge in [-0.1, -0.05) is 20.3 Å². The van der Waals surface area contributed by atoms with E-state index < -0.39 is 0 Å². The third-order valence-corrected chi connectivity index (χ3v) is 3.20. The molecule has 0 fully saturated rings. The summed E-state index contributed by atoms with van der Waals surface area (Å²) in [6.45, 7) is 9.81. The average molecular weight is 235 g/mol. The molecule has 0 aliphatic rings. The van der Waals surface area contributed by atoms with Crippen LogP contribution in [0.15, 0.2) is 18.5 Å². The smallest absolute Gasteiger partial charge is 0.0442 e. The zero-order valence-electron chi connectivity index (χ0n) is 11.5. The Kier molecular flexibility index (Phi) is 5.98. The minimum Gasteiger partial charge on any atom is -0.371 e. The second kappa shape index (κ2) is 7.28. The van der Waals surface area contributed by atoms with Gasteiger partial charge in [0.1, 0.15) is 0 Å². The normalized spacial score (nSPS) is 12.5. The van der Waals surface area contributed by atoms with Crippen LogP contribution >= 0.6 is 0 Å². The Bertz CT molecular complexity index is 325. The van der Waals surface area contributed by atoms with Gasteiger partial charge < -0.3 is 10.2 Å². The van der Waals surface area contributed by atoms with Crippen molar-refractivity contribution in [2.45, 2.75) is 33.7 Å². The molecule has 1 atom stereocenters. The van der Waals surface area contributed by atoms with E-state index in [0.717, 1.165) is 25.6 Å². The van der Waals surface area contributed by atoms with E-state index >= 15 is 0 Å². The second-order valence-electron chi connectivity index (χ2n) is 4.59. The van der Waals surface area contributed by atoms with Crippen molar-refractivity contribution in [3.63, 3.8) is 0 Å². The molecule has 96 valence electrons. The Hall–Kier alpha value is -1.09. The summed E-state index contributed by atoms with van der Waals surface area (Å²) in [6, 6.07) is 2.12. The van der Waals surface area contributed by atoms with E-state index in [4.69, 9.17) is 0 Å². The van der Waals surface area contributed by atoms with Crippen LogP contribution in [0.5, 0.6) is 0 Å². The van der Waals surface area contributed by atoms with Gasteiger partial charge in [-0.3, -0.25) is 4.98 Å². The van der Waals surface area contributed by atoms with Crippen LogP contribution in [0.25, 0.3) is 0 Å². The lowest BCUT2D eigenvalue weighted by Gasteiger charge is -2.28. The van der Waals surface area contributed by atoms with E-state index in [9.17, 15) is 0 Å². The van der Waals surface area contributed by atoms with Gasteiger partial charge in [0.25, 0.3) is 0 Å². The highest BCUT2D eigenvalue weighted by Gasteiger charge is 2.11. The standard InChI is InChI=1S/C14H25N3/c1-5-12(3)11-17(6-2)14-7-8-16-10-13(14)9-15-4/h7-8,10,12,15H,5-6,9,11H2,1-4H3. The quantitative estimate of drug-likeness (QED) is 0.787. The van der Waals surface area contributed by atoms with E-state index in [2.05, 4.69) is 42.0 Å².